The number of ether oxygens (including phenoxy) is 1. The summed E-state index contributed by atoms with van der Waals surface area (Å²) in [6, 6.07) is 0. The predicted molar refractivity (Wildman–Crippen MR) is 39.5 cm³/mol. The van der Waals surface area contributed by atoms with Gasteiger partial charge in [0.05, 0.1) is 13.4 Å². The van der Waals surface area contributed by atoms with Gasteiger partial charge in [-0.25, -0.2) is 9.59 Å². The molecule has 0 amide bonds. The fraction of sp³-hybridized carbons (Fsp3) is 0.143. The fourth-order valence-corrected chi connectivity index (χ4v) is 0.448. The number of aliphatic carboxylic acids is 2. The zero-order valence-corrected chi connectivity index (χ0v) is 6.35. The molecule has 0 atom stereocenters. The first-order chi connectivity index (χ1) is 5.59. The molecule has 0 bridgehead atoms. The number of hydrogen-bond acceptors (Lipinski definition) is 3. The number of rotatable bonds is 4. The highest BCUT2D eigenvalue weighted by molar-refractivity contribution is 6.12. The molecule has 0 saturated heterocycles. The number of carboxylic acids is 2. The van der Waals surface area contributed by atoms with Crippen molar-refractivity contribution in [2.75, 3.05) is 7.11 Å². The lowest BCUT2D eigenvalue weighted by Gasteiger charge is -1.91. The molecule has 0 aromatic heterocycles. The maximum atomic E-state index is 10.2. The van der Waals surface area contributed by atoms with Crippen LogP contribution in [-0.2, 0) is 14.3 Å². The van der Waals surface area contributed by atoms with Crippen LogP contribution in [0.5, 0.6) is 0 Å². The van der Waals surface area contributed by atoms with E-state index in [0.29, 0.717) is 0 Å². The lowest BCUT2D eigenvalue weighted by molar-refractivity contribution is -0.140. The SMILES string of the molecule is CO/C=C/C=C(C(=O)O)C(=O)O. The van der Waals surface area contributed by atoms with Gasteiger partial charge in [-0.3, -0.25) is 0 Å². The predicted octanol–water partition coefficient (Wildman–Crippen LogP) is 0.242. The highest BCUT2D eigenvalue weighted by Crippen LogP contribution is 1.95. The number of allylic oxidation sites excluding steroid dienone is 2. The highest BCUT2D eigenvalue weighted by Gasteiger charge is 2.13. The number of hydrogen-bond donors (Lipinski definition) is 2. The molecule has 0 aliphatic rings. The molecule has 0 aromatic carbocycles. The van der Waals surface area contributed by atoms with Crippen molar-refractivity contribution in [3.05, 3.63) is 24.0 Å². The van der Waals surface area contributed by atoms with E-state index in [-0.39, 0.29) is 0 Å². The number of methoxy groups -OCH3 is 1. The van der Waals surface area contributed by atoms with Crippen LogP contribution in [-0.4, -0.2) is 29.3 Å². The third-order valence-electron chi connectivity index (χ3n) is 0.938. The van der Waals surface area contributed by atoms with Gasteiger partial charge in [-0.15, -0.1) is 0 Å². The molecule has 0 aliphatic heterocycles. The van der Waals surface area contributed by atoms with Gasteiger partial charge in [0, 0.05) is 0 Å². The van der Waals surface area contributed by atoms with Gasteiger partial charge in [-0.2, -0.15) is 0 Å². The van der Waals surface area contributed by atoms with Crippen molar-refractivity contribution in [3.63, 3.8) is 0 Å². The van der Waals surface area contributed by atoms with Gasteiger partial charge in [0.1, 0.15) is 5.57 Å². The molecule has 0 heterocycles. The van der Waals surface area contributed by atoms with Crippen LogP contribution in [0.25, 0.3) is 0 Å². The first-order valence-corrected chi connectivity index (χ1v) is 2.95. The average molecular weight is 172 g/mol. The molecular formula is C7H8O5. The summed E-state index contributed by atoms with van der Waals surface area (Å²) < 4.78 is 4.44. The highest BCUT2D eigenvalue weighted by atomic mass is 16.5. The van der Waals surface area contributed by atoms with Crippen LogP contribution >= 0.6 is 0 Å². The van der Waals surface area contributed by atoms with Gasteiger partial charge in [0.2, 0.25) is 0 Å². The summed E-state index contributed by atoms with van der Waals surface area (Å²) in [5.74, 6) is -2.97. The maximum absolute atomic E-state index is 10.2. The van der Waals surface area contributed by atoms with Crippen molar-refractivity contribution in [3.8, 4) is 0 Å². The Balaban J connectivity index is 4.51. The van der Waals surface area contributed by atoms with E-state index < -0.39 is 17.5 Å². The molecule has 0 unspecified atom stereocenters. The zero-order valence-electron chi connectivity index (χ0n) is 6.35. The summed E-state index contributed by atoms with van der Waals surface area (Å²) in [6.45, 7) is 0. The average Bonchev–Trinajstić information content (AvgIpc) is 1.96. The van der Waals surface area contributed by atoms with Crippen molar-refractivity contribution >= 4 is 11.9 Å². The molecule has 0 aliphatic carbocycles. The molecule has 66 valence electrons. The summed E-state index contributed by atoms with van der Waals surface area (Å²) in [5.41, 5.74) is -0.705. The standard InChI is InChI=1S/C7H8O5/c1-12-4-2-3-5(6(8)9)7(10)11/h2-4H,1H3,(H,8,9)(H,10,11)/b4-2+. The molecule has 12 heavy (non-hydrogen) atoms. The molecular weight excluding hydrogens is 164 g/mol. The second-order valence-corrected chi connectivity index (χ2v) is 1.75. The number of carboxylic acid groups (broad SMARTS) is 2. The monoisotopic (exact) mass is 172 g/mol. The minimum absolute atomic E-state index is 0.705. The van der Waals surface area contributed by atoms with Crippen LogP contribution in [0, 0.1) is 0 Å². The van der Waals surface area contributed by atoms with E-state index in [9.17, 15) is 9.59 Å². The largest absolute Gasteiger partial charge is 0.504 e. The van der Waals surface area contributed by atoms with Gasteiger partial charge in [0.15, 0.2) is 0 Å². The third-order valence-corrected chi connectivity index (χ3v) is 0.938. The van der Waals surface area contributed by atoms with E-state index in [4.69, 9.17) is 10.2 Å². The lowest BCUT2D eigenvalue weighted by Crippen LogP contribution is -2.10. The Morgan fingerprint density at radius 1 is 1.25 bits per heavy atom. The van der Waals surface area contributed by atoms with Gasteiger partial charge in [-0.05, 0) is 12.2 Å². The van der Waals surface area contributed by atoms with Crippen LogP contribution in [0.4, 0.5) is 0 Å². The van der Waals surface area contributed by atoms with Gasteiger partial charge >= 0.3 is 11.9 Å². The van der Waals surface area contributed by atoms with Crippen molar-refractivity contribution in [2.45, 2.75) is 0 Å². The molecule has 0 radical (unpaired) electrons. The van der Waals surface area contributed by atoms with Crippen LogP contribution in [0.15, 0.2) is 24.0 Å². The van der Waals surface area contributed by atoms with Crippen molar-refractivity contribution < 1.29 is 24.5 Å². The minimum atomic E-state index is -1.48. The van der Waals surface area contributed by atoms with Crippen molar-refractivity contribution in [1.82, 2.24) is 0 Å². The van der Waals surface area contributed by atoms with Crippen LogP contribution in [0.1, 0.15) is 0 Å². The quantitative estimate of drug-likeness (QED) is 0.208. The summed E-state index contributed by atoms with van der Waals surface area (Å²) >= 11 is 0. The smallest absolute Gasteiger partial charge is 0.343 e. The molecule has 0 saturated carbocycles. The van der Waals surface area contributed by atoms with Crippen molar-refractivity contribution in [2.24, 2.45) is 0 Å². The Hall–Kier alpha value is -1.78. The first-order valence-electron chi connectivity index (χ1n) is 2.95. The molecule has 5 heteroatoms. The molecule has 0 rings (SSSR count). The van der Waals surface area contributed by atoms with E-state index in [1.165, 1.54) is 19.4 Å². The Labute approximate surface area is 68.6 Å². The van der Waals surface area contributed by atoms with E-state index in [0.717, 1.165) is 6.08 Å². The second-order valence-electron chi connectivity index (χ2n) is 1.75. The molecule has 0 aromatic rings. The van der Waals surface area contributed by atoms with Gasteiger partial charge in [0.25, 0.3) is 0 Å². The Morgan fingerprint density at radius 3 is 2.08 bits per heavy atom. The van der Waals surface area contributed by atoms with E-state index >= 15 is 0 Å². The Morgan fingerprint density at radius 2 is 1.75 bits per heavy atom. The molecule has 0 spiro atoms. The van der Waals surface area contributed by atoms with Crippen LogP contribution in [0.2, 0.25) is 0 Å². The molecule has 2 N–H and O–H groups in total. The Bertz CT molecular complexity index is 222. The van der Waals surface area contributed by atoms with E-state index in [2.05, 4.69) is 4.74 Å². The van der Waals surface area contributed by atoms with Crippen molar-refractivity contribution in [1.29, 1.82) is 0 Å². The van der Waals surface area contributed by atoms with Crippen LogP contribution < -0.4 is 0 Å². The lowest BCUT2D eigenvalue weighted by atomic mass is 10.2. The van der Waals surface area contributed by atoms with Gasteiger partial charge < -0.3 is 14.9 Å². The van der Waals surface area contributed by atoms with E-state index in [1.54, 1.807) is 0 Å². The maximum Gasteiger partial charge on any atom is 0.343 e. The summed E-state index contributed by atoms with van der Waals surface area (Å²) in [7, 11) is 1.37. The summed E-state index contributed by atoms with van der Waals surface area (Å²) in [5, 5.41) is 16.6. The topological polar surface area (TPSA) is 83.8 Å². The Kier molecular flexibility index (Phi) is 4.21. The van der Waals surface area contributed by atoms with Crippen LogP contribution in [0.3, 0.4) is 0 Å². The second kappa shape index (κ2) is 4.95. The first kappa shape index (κ1) is 10.2. The molecule has 0 fully saturated rings. The minimum Gasteiger partial charge on any atom is -0.504 e. The molecule has 5 nitrogen and oxygen atoms in total. The van der Waals surface area contributed by atoms with Gasteiger partial charge in [-0.1, -0.05) is 0 Å². The third kappa shape index (κ3) is 3.40. The fourth-order valence-electron chi connectivity index (χ4n) is 0.448. The summed E-state index contributed by atoms with van der Waals surface area (Å²) in [6.07, 6.45) is 3.30. The van der Waals surface area contributed by atoms with E-state index in [1.807, 2.05) is 0 Å². The summed E-state index contributed by atoms with van der Waals surface area (Å²) in [4.78, 5) is 20.4. The number of carbonyl (C=O) groups is 2. The zero-order chi connectivity index (χ0) is 9.56. The normalized spacial score (nSPS) is 9.42.